The Morgan fingerprint density at radius 3 is 2.68 bits per heavy atom. The Balaban J connectivity index is 1.38. The number of hydrogen-bond donors (Lipinski definition) is 0. The van der Waals surface area contributed by atoms with Crippen LogP contribution in [0.15, 0.2) is 53.6 Å². The van der Waals surface area contributed by atoms with Crippen LogP contribution >= 0.6 is 0 Å². The molecule has 0 N–H and O–H groups in total. The third-order valence-electron chi connectivity index (χ3n) is 5.41. The number of para-hydroxylation sites is 1. The maximum Gasteiger partial charge on any atom is 0.267 e. The lowest BCUT2D eigenvalue weighted by Crippen LogP contribution is -2.51. The van der Waals surface area contributed by atoms with Gasteiger partial charge in [0.2, 0.25) is 0 Å². The topological polar surface area (TPSA) is 73.1 Å². The number of rotatable bonds is 5. The summed E-state index contributed by atoms with van der Waals surface area (Å²) in [6.07, 6.45) is 4.07. The molecule has 1 aromatic carbocycles. The van der Waals surface area contributed by atoms with Crippen molar-refractivity contribution in [2.24, 2.45) is 0 Å². The van der Waals surface area contributed by atoms with Crippen molar-refractivity contribution in [2.75, 3.05) is 25.1 Å². The van der Waals surface area contributed by atoms with Crippen LogP contribution < -0.4 is 15.2 Å². The van der Waals surface area contributed by atoms with Gasteiger partial charge in [-0.05, 0) is 31.0 Å². The minimum Gasteiger partial charge on any atom is -0.496 e. The molecule has 0 bridgehead atoms. The standard InChI is InChI=1S/C21H21N5O2/c1-28-19-5-3-2-4-16(19)17-8-9-21(27)26(24-17)15-11-25(12-15)20-10-18(14-6-7-14)22-13-23-20/h2-5,8-10,13-15H,6-7,11-12H2,1H3. The van der Waals surface area contributed by atoms with Crippen LogP contribution in [0.25, 0.3) is 11.3 Å². The summed E-state index contributed by atoms with van der Waals surface area (Å²) in [6.45, 7) is 1.42. The van der Waals surface area contributed by atoms with Gasteiger partial charge in [-0.1, -0.05) is 12.1 Å². The maximum absolute atomic E-state index is 12.4. The van der Waals surface area contributed by atoms with Gasteiger partial charge in [0.25, 0.3) is 5.56 Å². The summed E-state index contributed by atoms with van der Waals surface area (Å²) in [6, 6.07) is 13.1. The summed E-state index contributed by atoms with van der Waals surface area (Å²) >= 11 is 0. The molecule has 1 aliphatic heterocycles. The van der Waals surface area contributed by atoms with Gasteiger partial charge >= 0.3 is 0 Å². The molecule has 142 valence electrons. The van der Waals surface area contributed by atoms with Crippen molar-refractivity contribution in [3.05, 3.63) is 64.8 Å². The molecule has 0 amide bonds. The third-order valence-corrected chi connectivity index (χ3v) is 5.41. The highest BCUT2D eigenvalue weighted by atomic mass is 16.5. The minimum atomic E-state index is -0.0929. The summed E-state index contributed by atoms with van der Waals surface area (Å²) in [7, 11) is 1.64. The van der Waals surface area contributed by atoms with E-state index in [4.69, 9.17) is 4.74 Å². The predicted molar refractivity (Wildman–Crippen MR) is 106 cm³/mol. The molecule has 2 aliphatic rings. The summed E-state index contributed by atoms with van der Waals surface area (Å²) < 4.78 is 7.02. The van der Waals surface area contributed by atoms with E-state index in [0.29, 0.717) is 19.0 Å². The maximum atomic E-state index is 12.4. The van der Waals surface area contributed by atoms with Gasteiger partial charge in [0.1, 0.15) is 17.9 Å². The number of nitrogens with zero attached hydrogens (tertiary/aromatic N) is 5. The zero-order valence-corrected chi connectivity index (χ0v) is 15.7. The van der Waals surface area contributed by atoms with Gasteiger partial charge in [0.05, 0.1) is 18.8 Å². The third kappa shape index (κ3) is 3.02. The van der Waals surface area contributed by atoms with Crippen molar-refractivity contribution in [1.29, 1.82) is 0 Å². The van der Waals surface area contributed by atoms with Crippen molar-refractivity contribution >= 4 is 5.82 Å². The average Bonchev–Trinajstić information content (AvgIpc) is 3.54. The number of benzene rings is 1. The number of aromatic nitrogens is 4. The van der Waals surface area contributed by atoms with Crippen LogP contribution in [-0.2, 0) is 0 Å². The molecule has 7 nitrogen and oxygen atoms in total. The van der Waals surface area contributed by atoms with Crippen molar-refractivity contribution < 1.29 is 4.74 Å². The molecule has 3 heterocycles. The van der Waals surface area contributed by atoms with Gasteiger partial charge in [0, 0.05) is 42.4 Å². The van der Waals surface area contributed by atoms with E-state index in [1.807, 2.05) is 24.3 Å². The molecular weight excluding hydrogens is 354 g/mol. The second-order valence-corrected chi connectivity index (χ2v) is 7.34. The van der Waals surface area contributed by atoms with Crippen LogP contribution in [0, 0.1) is 0 Å². The second-order valence-electron chi connectivity index (χ2n) is 7.34. The van der Waals surface area contributed by atoms with E-state index < -0.39 is 0 Å². The van der Waals surface area contributed by atoms with Crippen molar-refractivity contribution in [2.45, 2.75) is 24.8 Å². The van der Waals surface area contributed by atoms with Gasteiger partial charge in [0.15, 0.2) is 0 Å². The first-order valence-electron chi connectivity index (χ1n) is 9.53. The van der Waals surface area contributed by atoms with E-state index >= 15 is 0 Å². The first-order valence-corrected chi connectivity index (χ1v) is 9.53. The number of ether oxygens (including phenoxy) is 1. The monoisotopic (exact) mass is 375 g/mol. The normalized spacial score (nSPS) is 16.7. The average molecular weight is 375 g/mol. The van der Waals surface area contributed by atoms with Crippen LogP contribution in [-0.4, -0.2) is 39.9 Å². The first kappa shape index (κ1) is 16.9. The summed E-state index contributed by atoms with van der Waals surface area (Å²) in [5.41, 5.74) is 2.64. The summed E-state index contributed by atoms with van der Waals surface area (Å²) in [4.78, 5) is 23.4. The van der Waals surface area contributed by atoms with Crippen LogP contribution in [0.2, 0.25) is 0 Å². The summed E-state index contributed by atoms with van der Waals surface area (Å²) in [5, 5.41) is 4.62. The lowest BCUT2D eigenvalue weighted by atomic mass is 10.1. The van der Waals surface area contributed by atoms with Gasteiger partial charge in [-0.2, -0.15) is 5.10 Å². The Morgan fingerprint density at radius 2 is 1.89 bits per heavy atom. The largest absolute Gasteiger partial charge is 0.496 e. The van der Waals surface area contributed by atoms with Crippen molar-refractivity contribution in [1.82, 2.24) is 19.7 Å². The van der Waals surface area contributed by atoms with Gasteiger partial charge in [-0.25, -0.2) is 14.6 Å². The van der Waals surface area contributed by atoms with E-state index in [1.165, 1.54) is 12.8 Å². The second kappa shape index (κ2) is 6.74. The van der Waals surface area contributed by atoms with Gasteiger partial charge in [-0.3, -0.25) is 4.79 Å². The lowest BCUT2D eigenvalue weighted by molar-refractivity contribution is 0.352. The Morgan fingerprint density at radius 1 is 1.07 bits per heavy atom. The highest BCUT2D eigenvalue weighted by molar-refractivity contribution is 5.66. The molecule has 0 spiro atoms. The Labute approximate surface area is 162 Å². The molecule has 0 atom stereocenters. The highest BCUT2D eigenvalue weighted by Gasteiger charge is 2.32. The molecule has 3 aromatic rings. The van der Waals surface area contributed by atoms with E-state index in [9.17, 15) is 4.79 Å². The highest BCUT2D eigenvalue weighted by Crippen LogP contribution is 2.40. The Hall–Kier alpha value is -3.22. The number of methoxy groups -OCH3 is 1. The van der Waals surface area contributed by atoms with E-state index in [0.717, 1.165) is 28.5 Å². The molecule has 1 saturated carbocycles. The Bertz CT molecular complexity index is 1070. The van der Waals surface area contributed by atoms with E-state index in [2.05, 4.69) is 26.0 Å². The van der Waals surface area contributed by atoms with Crippen LogP contribution in [0.3, 0.4) is 0 Å². The zero-order valence-electron chi connectivity index (χ0n) is 15.7. The molecule has 28 heavy (non-hydrogen) atoms. The van der Waals surface area contributed by atoms with Crippen LogP contribution in [0.1, 0.15) is 30.5 Å². The molecule has 2 fully saturated rings. The van der Waals surface area contributed by atoms with Crippen LogP contribution in [0.5, 0.6) is 5.75 Å². The molecular formula is C21H21N5O2. The fourth-order valence-electron chi connectivity index (χ4n) is 3.62. The Kier molecular flexibility index (Phi) is 4.07. The quantitative estimate of drug-likeness (QED) is 0.683. The van der Waals surface area contributed by atoms with Gasteiger partial charge in [-0.15, -0.1) is 0 Å². The van der Waals surface area contributed by atoms with Gasteiger partial charge < -0.3 is 9.64 Å². The lowest BCUT2D eigenvalue weighted by Gasteiger charge is -2.40. The van der Waals surface area contributed by atoms with E-state index in [1.54, 1.807) is 30.3 Å². The fourth-order valence-corrected chi connectivity index (χ4v) is 3.62. The number of anilines is 1. The molecule has 2 aromatic heterocycles. The molecule has 1 aliphatic carbocycles. The molecule has 7 heteroatoms. The minimum absolute atomic E-state index is 0.0292. The fraction of sp³-hybridized carbons (Fsp3) is 0.333. The SMILES string of the molecule is COc1ccccc1-c1ccc(=O)n(C2CN(c3cc(C4CC4)ncn3)C2)n1. The zero-order chi connectivity index (χ0) is 19.1. The number of hydrogen-bond acceptors (Lipinski definition) is 6. The summed E-state index contributed by atoms with van der Waals surface area (Å²) in [5.74, 6) is 2.27. The van der Waals surface area contributed by atoms with E-state index in [-0.39, 0.29) is 11.6 Å². The van der Waals surface area contributed by atoms with Crippen molar-refractivity contribution in [3.63, 3.8) is 0 Å². The predicted octanol–water partition coefficient (Wildman–Crippen LogP) is 2.65. The molecule has 1 saturated heterocycles. The molecule has 5 rings (SSSR count). The molecule has 0 unspecified atom stereocenters. The van der Waals surface area contributed by atoms with Crippen LogP contribution in [0.4, 0.5) is 5.82 Å². The first-order chi connectivity index (χ1) is 13.7. The smallest absolute Gasteiger partial charge is 0.267 e. The molecule has 0 radical (unpaired) electrons. The van der Waals surface area contributed by atoms with Crippen molar-refractivity contribution in [3.8, 4) is 17.0 Å².